The molecule has 4 heteroatoms. The van der Waals surface area contributed by atoms with Gasteiger partial charge in [0.25, 0.3) is 0 Å². The normalized spacial score (nSPS) is 21.7. The van der Waals surface area contributed by atoms with Crippen LogP contribution in [0, 0.1) is 0 Å². The zero-order valence-electron chi connectivity index (χ0n) is 12.1. The summed E-state index contributed by atoms with van der Waals surface area (Å²) in [5, 5.41) is 9.23. The number of rotatable bonds is 7. The molecule has 0 amide bonds. The number of carboxylic acid groups (broad SMARTS) is 1. The smallest absolute Gasteiger partial charge is 0.305 e. The molecule has 0 bridgehead atoms. The van der Waals surface area contributed by atoms with Crippen LogP contribution in [0.25, 0.3) is 0 Å². The highest BCUT2D eigenvalue weighted by atomic mass is 16.4. The maximum atomic E-state index is 11.2. The molecule has 0 aromatic rings. The Kier molecular flexibility index (Phi) is 6.09. The maximum Gasteiger partial charge on any atom is 0.305 e. The van der Waals surface area contributed by atoms with Crippen molar-refractivity contribution in [3.05, 3.63) is 0 Å². The van der Waals surface area contributed by atoms with E-state index in [0.29, 0.717) is 0 Å². The van der Waals surface area contributed by atoms with Gasteiger partial charge in [0.1, 0.15) is 0 Å². The van der Waals surface area contributed by atoms with Gasteiger partial charge in [0.2, 0.25) is 0 Å². The second-order valence-corrected chi connectivity index (χ2v) is 5.54. The van der Waals surface area contributed by atoms with E-state index >= 15 is 0 Å². The highest BCUT2D eigenvalue weighted by Crippen LogP contribution is 2.31. The van der Waals surface area contributed by atoms with E-state index in [1.165, 1.54) is 0 Å². The minimum Gasteiger partial charge on any atom is -0.481 e. The van der Waals surface area contributed by atoms with Gasteiger partial charge in [0.15, 0.2) is 0 Å². The predicted octanol–water partition coefficient (Wildman–Crippen LogP) is 2.05. The van der Waals surface area contributed by atoms with Gasteiger partial charge in [-0.3, -0.25) is 9.69 Å². The highest BCUT2D eigenvalue weighted by molar-refractivity contribution is 5.68. The van der Waals surface area contributed by atoms with Crippen LogP contribution in [0.15, 0.2) is 0 Å². The molecule has 106 valence electrons. The number of aliphatic carboxylic acids is 1. The molecule has 0 aromatic carbocycles. The van der Waals surface area contributed by atoms with Gasteiger partial charge in [0.05, 0.1) is 6.42 Å². The maximum absolute atomic E-state index is 11.2. The Balaban J connectivity index is 2.76. The summed E-state index contributed by atoms with van der Waals surface area (Å²) in [5.41, 5.74) is -0.122. The van der Waals surface area contributed by atoms with Gasteiger partial charge in [-0.25, -0.2) is 0 Å². The molecular formula is C14H28N2O2. The van der Waals surface area contributed by atoms with E-state index in [1.54, 1.807) is 0 Å². The van der Waals surface area contributed by atoms with Crippen LogP contribution in [-0.4, -0.2) is 59.6 Å². The minimum atomic E-state index is -0.660. The molecule has 18 heavy (non-hydrogen) atoms. The molecule has 4 nitrogen and oxygen atoms in total. The fraction of sp³-hybridized carbons (Fsp3) is 0.929. The predicted molar refractivity (Wildman–Crippen MR) is 73.9 cm³/mol. The number of hydrogen-bond donors (Lipinski definition) is 1. The third-order valence-electron chi connectivity index (χ3n) is 4.31. The van der Waals surface area contributed by atoms with E-state index in [2.05, 4.69) is 30.7 Å². The van der Waals surface area contributed by atoms with Crippen molar-refractivity contribution in [2.24, 2.45) is 0 Å². The first-order valence-electron chi connectivity index (χ1n) is 7.19. The summed E-state index contributed by atoms with van der Waals surface area (Å²) in [7, 11) is 2.13. The minimum absolute atomic E-state index is 0.122. The third-order valence-corrected chi connectivity index (χ3v) is 4.31. The zero-order chi connectivity index (χ0) is 13.6. The Labute approximate surface area is 111 Å². The first-order valence-corrected chi connectivity index (χ1v) is 7.19. The van der Waals surface area contributed by atoms with E-state index in [9.17, 15) is 9.90 Å². The number of hydrogen-bond acceptors (Lipinski definition) is 3. The Morgan fingerprint density at radius 1 is 1.22 bits per heavy atom. The average Bonchev–Trinajstić information content (AvgIpc) is 2.35. The van der Waals surface area contributed by atoms with Crippen molar-refractivity contribution >= 4 is 5.97 Å². The number of unbranched alkanes of at least 4 members (excludes halogenated alkanes) is 1. The van der Waals surface area contributed by atoms with Crippen LogP contribution in [0.5, 0.6) is 0 Å². The molecule has 0 aromatic heterocycles. The lowest BCUT2D eigenvalue weighted by Crippen LogP contribution is -2.57. The molecule has 1 aliphatic rings. The van der Waals surface area contributed by atoms with Crippen LogP contribution in [0.3, 0.4) is 0 Å². The molecule has 1 aliphatic heterocycles. The molecular weight excluding hydrogens is 228 g/mol. The van der Waals surface area contributed by atoms with Gasteiger partial charge in [-0.05, 0) is 19.9 Å². The van der Waals surface area contributed by atoms with Crippen molar-refractivity contribution in [3.63, 3.8) is 0 Å². The molecule has 1 unspecified atom stereocenters. The molecule has 1 fully saturated rings. The van der Waals surface area contributed by atoms with Gasteiger partial charge >= 0.3 is 5.97 Å². The lowest BCUT2D eigenvalue weighted by molar-refractivity contribution is -0.141. The Hall–Kier alpha value is -0.610. The first kappa shape index (κ1) is 15.4. The number of likely N-dealkylation sites (N-methyl/N-ethyl adjacent to an activating group) is 1. The second-order valence-electron chi connectivity index (χ2n) is 5.54. The van der Waals surface area contributed by atoms with E-state index in [1.807, 2.05) is 0 Å². The summed E-state index contributed by atoms with van der Waals surface area (Å²) in [6.45, 7) is 8.41. The van der Waals surface area contributed by atoms with Crippen molar-refractivity contribution in [3.8, 4) is 0 Å². The molecule has 1 saturated heterocycles. The highest BCUT2D eigenvalue weighted by Gasteiger charge is 2.37. The van der Waals surface area contributed by atoms with Crippen LogP contribution in [0.4, 0.5) is 0 Å². The molecule has 0 radical (unpaired) electrons. The first-order chi connectivity index (χ1) is 8.54. The van der Waals surface area contributed by atoms with Gasteiger partial charge in [-0.15, -0.1) is 0 Å². The van der Waals surface area contributed by atoms with Crippen molar-refractivity contribution in [2.45, 2.75) is 51.5 Å². The van der Waals surface area contributed by atoms with Crippen LogP contribution in [-0.2, 0) is 4.79 Å². The molecule has 0 spiro atoms. The summed E-state index contributed by atoms with van der Waals surface area (Å²) in [4.78, 5) is 16.0. The van der Waals surface area contributed by atoms with Gasteiger partial charge in [-0.2, -0.15) is 0 Å². The van der Waals surface area contributed by atoms with E-state index in [-0.39, 0.29) is 12.0 Å². The summed E-state index contributed by atoms with van der Waals surface area (Å²) >= 11 is 0. The van der Waals surface area contributed by atoms with Crippen molar-refractivity contribution < 1.29 is 9.90 Å². The SMILES string of the molecule is CCCCC(CC)(CC(=O)O)N1CCN(C)CC1. The summed E-state index contributed by atoms with van der Waals surface area (Å²) in [6.07, 6.45) is 4.48. The van der Waals surface area contributed by atoms with Crippen molar-refractivity contribution in [1.29, 1.82) is 0 Å². The molecule has 1 atom stereocenters. The Morgan fingerprint density at radius 2 is 1.83 bits per heavy atom. The lowest BCUT2D eigenvalue weighted by Gasteiger charge is -2.46. The number of nitrogens with zero attached hydrogens (tertiary/aromatic N) is 2. The molecule has 1 rings (SSSR count). The van der Waals surface area contributed by atoms with Crippen LogP contribution < -0.4 is 0 Å². The summed E-state index contributed by atoms with van der Waals surface area (Å²) in [6, 6.07) is 0. The fourth-order valence-electron chi connectivity index (χ4n) is 2.95. The van der Waals surface area contributed by atoms with E-state index in [0.717, 1.165) is 51.9 Å². The van der Waals surface area contributed by atoms with Gasteiger partial charge in [0, 0.05) is 31.7 Å². The molecule has 0 saturated carbocycles. The topological polar surface area (TPSA) is 43.8 Å². The van der Waals surface area contributed by atoms with Crippen LogP contribution in [0.1, 0.15) is 46.0 Å². The fourth-order valence-corrected chi connectivity index (χ4v) is 2.95. The van der Waals surface area contributed by atoms with Gasteiger partial charge < -0.3 is 10.0 Å². The number of piperazine rings is 1. The summed E-state index contributed by atoms with van der Waals surface area (Å²) < 4.78 is 0. The lowest BCUT2D eigenvalue weighted by atomic mass is 9.84. The van der Waals surface area contributed by atoms with Crippen LogP contribution in [0.2, 0.25) is 0 Å². The van der Waals surface area contributed by atoms with Gasteiger partial charge in [-0.1, -0.05) is 26.7 Å². The summed E-state index contributed by atoms with van der Waals surface area (Å²) in [5.74, 6) is -0.660. The molecule has 1 heterocycles. The average molecular weight is 256 g/mol. The second kappa shape index (κ2) is 7.10. The van der Waals surface area contributed by atoms with Crippen molar-refractivity contribution in [1.82, 2.24) is 9.80 Å². The number of carboxylic acids is 1. The van der Waals surface area contributed by atoms with Crippen molar-refractivity contribution in [2.75, 3.05) is 33.2 Å². The molecule has 0 aliphatic carbocycles. The van der Waals surface area contributed by atoms with E-state index < -0.39 is 5.97 Å². The monoisotopic (exact) mass is 256 g/mol. The third kappa shape index (κ3) is 3.95. The standard InChI is InChI=1S/C14H28N2O2/c1-4-6-7-14(5-2,12-13(17)18)16-10-8-15(3)9-11-16/h4-12H2,1-3H3,(H,17,18). The number of carbonyl (C=O) groups is 1. The molecule has 1 N–H and O–H groups in total. The Morgan fingerprint density at radius 3 is 2.28 bits per heavy atom. The zero-order valence-corrected chi connectivity index (χ0v) is 12.1. The van der Waals surface area contributed by atoms with E-state index in [4.69, 9.17) is 0 Å². The largest absolute Gasteiger partial charge is 0.481 e. The Bertz CT molecular complexity index is 263. The quantitative estimate of drug-likeness (QED) is 0.757. The van der Waals surface area contributed by atoms with Crippen LogP contribution >= 0.6 is 0 Å².